The minimum Gasteiger partial charge on any atom is -0.492 e. The van der Waals surface area contributed by atoms with Crippen molar-refractivity contribution in [1.29, 1.82) is 0 Å². The largest absolute Gasteiger partial charge is 0.492 e. The highest BCUT2D eigenvalue weighted by molar-refractivity contribution is 6.30. The van der Waals surface area contributed by atoms with Gasteiger partial charge in [-0.05, 0) is 24.3 Å². The van der Waals surface area contributed by atoms with Crippen LogP contribution in [0.25, 0.3) is 5.69 Å². The van der Waals surface area contributed by atoms with Crippen LogP contribution in [0.2, 0.25) is 5.02 Å². The summed E-state index contributed by atoms with van der Waals surface area (Å²) >= 11 is 5.73. The molecule has 2 aromatic rings. The van der Waals surface area contributed by atoms with Crippen LogP contribution >= 0.6 is 11.6 Å². The summed E-state index contributed by atoms with van der Waals surface area (Å²) in [5.41, 5.74) is 6.38. The molecule has 14 heavy (non-hydrogen) atoms. The zero-order chi connectivity index (χ0) is 10.1. The molecule has 0 aliphatic heterocycles. The first-order valence-electron chi connectivity index (χ1n) is 3.97. The second kappa shape index (κ2) is 3.23. The van der Waals surface area contributed by atoms with Crippen molar-refractivity contribution in [3.8, 4) is 11.6 Å². The Balaban J connectivity index is 2.49. The van der Waals surface area contributed by atoms with Gasteiger partial charge in [0.15, 0.2) is 0 Å². The number of benzene rings is 1. The van der Waals surface area contributed by atoms with E-state index in [0.717, 1.165) is 5.69 Å². The molecule has 0 spiro atoms. The zero-order valence-electron chi connectivity index (χ0n) is 7.18. The van der Waals surface area contributed by atoms with Crippen molar-refractivity contribution in [2.24, 2.45) is 0 Å². The van der Waals surface area contributed by atoms with E-state index >= 15 is 0 Å². The van der Waals surface area contributed by atoms with Gasteiger partial charge in [-0.3, -0.25) is 0 Å². The lowest BCUT2D eigenvalue weighted by atomic mass is 10.3. The first-order valence-corrected chi connectivity index (χ1v) is 4.35. The molecule has 0 aliphatic carbocycles. The molecule has 0 fully saturated rings. The fraction of sp³-hybridized carbons (Fsp3) is 0. The van der Waals surface area contributed by atoms with Crippen molar-refractivity contribution < 1.29 is 5.11 Å². The van der Waals surface area contributed by atoms with Crippen LogP contribution in [0.5, 0.6) is 5.88 Å². The monoisotopic (exact) mass is 209 g/mol. The molecule has 4 nitrogen and oxygen atoms in total. The predicted octanol–water partition coefficient (Wildman–Crippen LogP) is 1.81. The fourth-order valence-electron chi connectivity index (χ4n) is 1.17. The van der Waals surface area contributed by atoms with Crippen molar-refractivity contribution in [3.63, 3.8) is 0 Å². The number of halogens is 1. The Kier molecular flexibility index (Phi) is 2.05. The van der Waals surface area contributed by atoms with Gasteiger partial charge in [-0.1, -0.05) is 11.6 Å². The Hall–Kier alpha value is -1.68. The maximum absolute atomic E-state index is 9.11. The van der Waals surface area contributed by atoms with Crippen LogP contribution in [-0.2, 0) is 0 Å². The van der Waals surface area contributed by atoms with Crippen LogP contribution in [0.3, 0.4) is 0 Å². The summed E-state index contributed by atoms with van der Waals surface area (Å²) in [7, 11) is 0. The van der Waals surface area contributed by atoms with Crippen molar-refractivity contribution in [3.05, 3.63) is 35.4 Å². The molecule has 3 N–H and O–H groups in total. The highest BCUT2D eigenvalue weighted by atomic mass is 35.5. The number of anilines is 1. The number of aromatic nitrogens is 2. The SMILES string of the molecule is Nc1cc(O)nn1-c1ccc(Cl)cc1. The molecule has 0 amide bonds. The van der Waals surface area contributed by atoms with Gasteiger partial charge < -0.3 is 10.8 Å². The van der Waals surface area contributed by atoms with E-state index in [4.69, 9.17) is 22.4 Å². The molecular formula is C9H8ClN3O. The molecule has 2 rings (SSSR count). The summed E-state index contributed by atoms with van der Waals surface area (Å²) in [4.78, 5) is 0. The second-order valence-corrected chi connectivity index (χ2v) is 3.25. The average Bonchev–Trinajstić information content (AvgIpc) is 2.47. The third-order valence-corrected chi connectivity index (χ3v) is 2.05. The number of rotatable bonds is 1. The van der Waals surface area contributed by atoms with Gasteiger partial charge in [0.05, 0.1) is 5.69 Å². The molecule has 1 aromatic heterocycles. The number of nitrogen functional groups attached to an aromatic ring is 1. The number of hydrogen-bond donors (Lipinski definition) is 2. The van der Waals surface area contributed by atoms with Crippen LogP contribution in [0.4, 0.5) is 5.82 Å². The van der Waals surface area contributed by atoms with Gasteiger partial charge in [0.25, 0.3) is 0 Å². The molecule has 0 bridgehead atoms. The smallest absolute Gasteiger partial charge is 0.232 e. The summed E-state index contributed by atoms with van der Waals surface area (Å²) in [5.74, 6) is 0.280. The molecule has 1 aromatic carbocycles. The Morgan fingerprint density at radius 1 is 1.29 bits per heavy atom. The van der Waals surface area contributed by atoms with Gasteiger partial charge in [0, 0.05) is 11.1 Å². The maximum atomic E-state index is 9.11. The fourth-order valence-corrected chi connectivity index (χ4v) is 1.30. The van der Waals surface area contributed by atoms with E-state index in [0.29, 0.717) is 10.8 Å². The van der Waals surface area contributed by atoms with E-state index in [2.05, 4.69) is 5.10 Å². The van der Waals surface area contributed by atoms with E-state index < -0.39 is 0 Å². The van der Waals surface area contributed by atoms with E-state index in [-0.39, 0.29) is 5.88 Å². The van der Waals surface area contributed by atoms with Crippen LogP contribution in [-0.4, -0.2) is 14.9 Å². The molecule has 72 valence electrons. The molecular weight excluding hydrogens is 202 g/mol. The van der Waals surface area contributed by atoms with Crippen LogP contribution in [0.15, 0.2) is 30.3 Å². The Morgan fingerprint density at radius 2 is 1.93 bits per heavy atom. The Labute approximate surface area is 85.5 Å². The van der Waals surface area contributed by atoms with Crippen molar-refractivity contribution in [2.75, 3.05) is 5.73 Å². The molecule has 0 unspecified atom stereocenters. The summed E-state index contributed by atoms with van der Waals surface area (Å²) in [6.45, 7) is 0. The number of nitrogens with two attached hydrogens (primary N) is 1. The number of hydrogen-bond acceptors (Lipinski definition) is 3. The standard InChI is InChI=1S/C9H8ClN3O/c10-6-1-3-7(4-2-6)13-8(11)5-9(14)12-13/h1-5H,11H2,(H,12,14). The van der Waals surface area contributed by atoms with Gasteiger partial charge in [0.2, 0.25) is 5.88 Å². The van der Waals surface area contributed by atoms with E-state index in [1.165, 1.54) is 10.7 Å². The van der Waals surface area contributed by atoms with Gasteiger partial charge in [0.1, 0.15) is 5.82 Å². The van der Waals surface area contributed by atoms with Gasteiger partial charge in [-0.15, -0.1) is 5.10 Å². The second-order valence-electron chi connectivity index (χ2n) is 2.82. The quantitative estimate of drug-likeness (QED) is 0.753. The van der Waals surface area contributed by atoms with E-state index in [9.17, 15) is 0 Å². The molecule has 0 aliphatic rings. The average molecular weight is 210 g/mol. The first-order chi connectivity index (χ1) is 6.66. The molecule has 5 heteroatoms. The Bertz CT molecular complexity index is 450. The molecule has 0 saturated heterocycles. The first kappa shape index (κ1) is 8.90. The van der Waals surface area contributed by atoms with E-state index in [1.807, 2.05) is 0 Å². The summed E-state index contributed by atoms with van der Waals surface area (Å²) in [6.07, 6.45) is 0. The lowest BCUT2D eigenvalue weighted by Gasteiger charge is -2.02. The lowest BCUT2D eigenvalue weighted by molar-refractivity contribution is 0.448. The van der Waals surface area contributed by atoms with Crippen LogP contribution in [0, 0.1) is 0 Å². The summed E-state index contributed by atoms with van der Waals surface area (Å²) in [5, 5.41) is 13.6. The molecule has 1 heterocycles. The lowest BCUT2D eigenvalue weighted by Crippen LogP contribution is -2.00. The van der Waals surface area contributed by atoms with Crippen LogP contribution in [0.1, 0.15) is 0 Å². The zero-order valence-corrected chi connectivity index (χ0v) is 7.94. The number of nitrogens with zero attached hydrogens (tertiary/aromatic N) is 2. The topological polar surface area (TPSA) is 64.1 Å². The third kappa shape index (κ3) is 1.52. The minimum absolute atomic E-state index is 0.0996. The number of aromatic hydroxyl groups is 1. The molecule has 0 saturated carbocycles. The van der Waals surface area contributed by atoms with Crippen molar-refractivity contribution in [2.45, 2.75) is 0 Å². The molecule has 0 radical (unpaired) electrons. The summed E-state index contributed by atoms with van der Waals surface area (Å²) < 4.78 is 1.44. The highest BCUT2D eigenvalue weighted by Gasteiger charge is 2.04. The van der Waals surface area contributed by atoms with Gasteiger partial charge >= 0.3 is 0 Å². The van der Waals surface area contributed by atoms with Gasteiger partial charge in [-0.25, -0.2) is 4.68 Å². The molecule has 0 atom stereocenters. The van der Waals surface area contributed by atoms with Crippen LogP contribution < -0.4 is 5.73 Å². The van der Waals surface area contributed by atoms with Crippen molar-refractivity contribution >= 4 is 17.4 Å². The highest BCUT2D eigenvalue weighted by Crippen LogP contribution is 2.19. The minimum atomic E-state index is -0.0996. The Morgan fingerprint density at radius 3 is 2.43 bits per heavy atom. The maximum Gasteiger partial charge on any atom is 0.232 e. The normalized spacial score (nSPS) is 10.4. The van der Waals surface area contributed by atoms with Gasteiger partial charge in [-0.2, -0.15) is 0 Å². The third-order valence-electron chi connectivity index (χ3n) is 1.80. The van der Waals surface area contributed by atoms with E-state index in [1.54, 1.807) is 24.3 Å². The summed E-state index contributed by atoms with van der Waals surface area (Å²) in [6, 6.07) is 8.38. The predicted molar refractivity (Wildman–Crippen MR) is 54.7 cm³/mol. The van der Waals surface area contributed by atoms with Crippen molar-refractivity contribution in [1.82, 2.24) is 9.78 Å².